The number of nitrogens with zero attached hydrogens (tertiary/aromatic N) is 6. The van der Waals surface area contributed by atoms with Gasteiger partial charge in [0.25, 0.3) is 11.8 Å². The summed E-state index contributed by atoms with van der Waals surface area (Å²) in [5.41, 5.74) is 6.30. The van der Waals surface area contributed by atoms with Gasteiger partial charge in [-0.05, 0) is 94.1 Å². The molecule has 248 valence electrons. The number of likely N-dealkylation sites (tertiary alicyclic amines) is 1. The molecular weight excluding hydrogens is 608 g/mol. The third-order valence-corrected chi connectivity index (χ3v) is 9.77. The zero-order valence-corrected chi connectivity index (χ0v) is 27.2. The van der Waals surface area contributed by atoms with Crippen molar-refractivity contribution in [2.75, 3.05) is 32.0 Å². The van der Waals surface area contributed by atoms with Crippen molar-refractivity contribution in [2.24, 2.45) is 0 Å². The molecular formula is C36H40N8O4. The number of hydrogen-bond acceptors (Lipinski definition) is 9. The van der Waals surface area contributed by atoms with Gasteiger partial charge in [-0.3, -0.25) is 39.1 Å². The molecule has 2 aromatic heterocycles. The summed E-state index contributed by atoms with van der Waals surface area (Å²) in [4.78, 5) is 62.7. The number of fused-ring (bicyclic) bond motifs is 2. The van der Waals surface area contributed by atoms with Crippen LogP contribution in [0.3, 0.4) is 0 Å². The highest BCUT2D eigenvalue weighted by Crippen LogP contribution is 2.31. The first-order valence-corrected chi connectivity index (χ1v) is 16.9. The molecule has 3 aliphatic heterocycles. The lowest BCUT2D eigenvalue weighted by Crippen LogP contribution is -2.54. The summed E-state index contributed by atoms with van der Waals surface area (Å²) in [5, 5.41) is 10.1. The maximum Gasteiger partial charge on any atom is 0.262 e. The molecule has 3 aliphatic rings. The number of carbonyl (C=O) groups is 4. The Balaban J connectivity index is 0.860. The van der Waals surface area contributed by atoms with E-state index < -0.39 is 29.7 Å². The van der Waals surface area contributed by atoms with Crippen molar-refractivity contribution in [3.8, 4) is 11.3 Å². The first-order chi connectivity index (χ1) is 23.3. The van der Waals surface area contributed by atoms with E-state index in [0.717, 1.165) is 84.7 Å². The van der Waals surface area contributed by atoms with Crippen LogP contribution in [0, 0.1) is 0 Å². The van der Waals surface area contributed by atoms with E-state index >= 15 is 0 Å². The fourth-order valence-corrected chi connectivity index (χ4v) is 6.95. The number of carbonyl (C=O) groups excluding carboxylic acids is 4. The summed E-state index contributed by atoms with van der Waals surface area (Å²) in [7, 11) is 2.19. The van der Waals surface area contributed by atoms with E-state index in [1.54, 1.807) is 18.2 Å². The van der Waals surface area contributed by atoms with Crippen LogP contribution in [0.1, 0.15) is 83.6 Å². The Labute approximate surface area is 278 Å². The molecule has 12 heteroatoms. The minimum atomic E-state index is -0.963. The summed E-state index contributed by atoms with van der Waals surface area (Å²) in [6, 6.07) is 10.6. The van der Waals surface area contributed by atoms with Crippen LogP contribution in [-0.4, -0.2) is 85.9 Å². The molecule has 4 amide bonds. The van der Waals surface area contributed by atoms with Gasteiger partial charge in [0.1, 0.15) is 6.04 Å². The van der Waals surface area contributed by atoms with E-state index in [2.05, 4.69) is 50.9 Å². The molecule has 2 fully saturated rings. The Kier molecular flexibility index (Phi) is 8.98. The van der Waals surface area contributed by atoms with E-state index in [0.29, 0.717) is 5.92 Å². The number of rotatable bonds is 11. The van der Waals surface area contributed by atoms with E-state index in [9.17, 15) is 19.2 Å². The number of imide groups is 2. The molecule has 48 heavy (non-hydrogen) atoms. The van der Waals surface area contributed by atoms with Crippen molar-refractivity contribution < 1.29 is 19.2 Å². The number of benzene rings is 2. The maximum atomic E-state index is 13.1. The lowest BCUT2D eigenvalue weighted by atomic mass is 9.89. The Morgan fingerprint density at radius 3 is 2.52 bits per heavy atom. The summed E-state index contributed by atoms with van der Waals surface area (Å²) < 4.78 is 1.97. The van der Waals surface area contributed by atoms with E-state index in [1.807, 2.05) is 23.3 Å². The third kappa shape index (κ3) is 6.57. The highest BCUT2D eigenvalue weighted by atomic mass is 16.2. The minimum Gasteiger partial charge on any atom is -0.385 e. The lowest BCUT2D eigenvalue weighted by Gasteiger charge is -2.29. The highest BCUT2D eigenvalue weighted by Gasteiger charge is 2.44. The van der Waals surface area contributed by atoms with Crippen LogP contribution in [-0.2, 0) is 16.1 Å². The smallest absolute Gasteiger partial charge is 0.262 e. The Morgan fingerprint density at radius 1 is 0.875 bits per heavy atom. The van der Waals surface area contributed by atoms with Crippen LogP contribution in [0.2, 0.25) is 0 Å². The average molecular weight is 649 g/mol. The van der Waals surface area contributed by atoms with E-state index in [1.165, 1.54) is 18.4 Å². The van der Waals surface area contributed by atoms with Crippen LogP contribution in [0.25, 0.3) is 22.3 Å². The number of piperidine rings is 2. The van der Waals surface area contributed by atoms with Crippen LogP contribution in [0.5, 0.6) is 0 Å². The maximum absolute atomic E-state index is 13.1. The number of hydrogen-bond donors (Lipinski definition) is 2. The first kappa shape index (κ1) is 31.6. The predicted molar refractivity (Wildman–Crippen MR) is 180 cm³/mol. The minimum absolute atomic E-state index is 0.0969. The molecule has 0 aliphatic carbocycles. The quantitative estimate of drug-likeness (QED) is 0.179. The van der Waals surface area contributed by atoms with Crippen molar-refractivity contribution >= 4 is 40.3 Å². The molecule has 0 spiro atoms. The predicted octanol–water partition coefficient (Wildman–Crippen LogP) is 4.38. The Bertz CT molecular complexity index is 1880. The number of anilines is 1. The van der Waals surface area contributed by atoms with Crippen molar-refractivity contribution in [3.63, 3.8) is 0 Å². The van der Waals surface area contributed by atoms with Gasteiger partial charge in [-0.2, -0.15) is 5.10 Å². The van der Waals surface area contributed by atoms with Crippen molar-refractivity contribution in [3.05, 3.63) is 71.7 Å². The van der Waals surface area contributed by atoms with Crippen LogP contribution < -0.4 is 10.6 Å². The first-order valence-electron chi connectivity index (χ1n) is 16.9. The summed E-state index contributed by atoms with van der Waals surface area (Å²) >= 11 is 0. The van der Waals surface area contributed by atoms with Crippen LogP contribution in [0.15, 0.2) is 55.0 Å². The molecule has 1 unspecified atom stereocenters. The monoisotopic (exact) mass is 648 g/mol. The van der Waals surface area contributed by atoms with Gasteiger partial charge in [0.2, 0.25) is 11.8 Å². The molecule has 0 saturated carbocycles. The standard InChI is InChI=1S/C36H40N8O4/c1-42-16-12-23(13-17-42)24-6-9-29-30(18-24)40-31(21-38-29)25-20-39-43(22-25)15-5-3-2-4-14-37-26-7-8-27-28(19-26)36(48)44(35(27)47)32-10-11-33(45)41-34(32)46/h6-9,18-23,32,37H,2-5,10-17H2,1H3,(H,41,45,46). The van der Waals surface area contributed by atoms with Gasteiger partial charge in [0, 0.05) is 37.0 Å². The summed E-state index contributed by atoms with van der Waals surface area (Å²) in [6.45, 7) is 3.80. The number of aryl methyl sites for hydroxylation is 1. The average Bonchev–Trinajstić information content (AvgIpc) is 3.66. The van der Waals surface area contributed by atoms with Crippen molar-refractivity contribution in [1.82, 2.24) is 34.9 Å². The van der Waals surface area contributed by atoms with Gasteiger partial charge in [0.05, 0.1) is 40.2 Å². The SMILES string of the molecule is CN1CCC(c2ccc3ncc(-c4cnn(CCCCCCNc5ccc6c(c5)C(=O)N(C5CCC(=O)NC5=O)C6=O)c4)nc3c2)CC1. The topological polar surface area (TPSA) is 142 Å². The number of amides is 4. The van der Waals surface area contributed by atoms with E-state index in [4.69, 9.17) is 4.98 Å². The normalized spacial score (nSPS) is 18.9. The Hall–Kier alpha value is -4.97. The third-order valence-electron chi connectivity index (χ3n) is 9.77. The molecule has 2 aromatic carbocycles. The molecule has 5 heterocycles. The van der Waals surface area contributed by atoms with E-state index in [-0.39, 0.29) is 24.0 Å². The second-order valence-corrected chi connectivity index (χ2v) is 13.1. The lowest BCUT2D eigenvalue weighted by molar-refractivity contribution is -0.136. The molecule has 1 atom stereocenters. The second-order valence-electron chi connectivity index (χ2n) is 13.1. The second kappa shape index (κ2) is 13.6. The molecule has 0 bridgehead atoms. The van der Waals surface area contributed by atoms with Gasteiger partial charge in [-0.25, -0.2) is 4.98 Å². The van der Waals surface area contributed by atoms with Gasteiger partial charge in [-0.15, -0.1) is 0 Å². The van der Waals surface area contributed by atoms with Crippen molar-refractivity contribution in [1.29, 1.82) is 0 Å². The zero-order valence-electron chi connectivity index (χ0n) is 27.2. The molecule has 7 rings (SSSR count). The molecule has 2 saturated heterocycles. The summed E-state index contributed by atoms with van der Waals surface area (Å²) in [5.74, 6) is -1.42. The fraction of sp³-hybridized carbons (Fsp3) is 0.417. The fourth-order valence-electron chi connectivity index (χ4n) is 6.95. The number of unbranched alkanes of at least 4 members (excludes halogenated alkanes) is 3. The Morgan fingerprint density at radius 2 is 1.69 bits per heavy atom. The molecule has 12 nitrogen and oxygen atoms in total. The van der Waals surface area contributed by atoms with Gasteiger partial charge in [0.15, 0.2) is 0 Å². The molecule has 2 N–H and O–H groups in total. The zero-order chi connectivity index (χ0) is 33.2. The largest absolute Gasteiger partial charge is 0.385 e. The summed E-state index contributed by atoms with van der Waals surface area (Å²) in [6.07, 6.45) is 12.3. The van der Waals surface area contributed by atoms with Gasteiger partial charge >= 0.3 is 0 Å². The van der Waals surface area contributed by atoms with Gasteiger partial charge < -0.3 is 10.2 Å². The van der Waals surface area contributed by atoms with Crippen molar-refractivity contribution in [2.45, 2.75) is 69.9 Å². The van der Waals surface area contributed by atoms with Crippen LogP contribution >= 0.6 is 0 Å². The molecule has 4 aromatic rings. The highest BCUT2D eigenvalue weighted by molar-refractivity contribution is 6.23. The van der Waals surface area contributed by atoms with Crippen LogP contribution in [0.4, 0.5) is 5.69 Å². The molecule has 0 radical (unpaired) electrons. The number of aromatic nitrogens is 4. The van der Waals surface area contributed by atoms with Gasteiger partial charge in [-0.1, -0.05) is 18.9 Å². The number of nitrogens with one attached hydrogen (secondary N) is 2.